The summed E-state index contributed by atoms with van der Waals surface area (Å²) in [7, 11) is 0. The van der Waals surface area contributed by atoms with Gasteiger partial charge in [0.2, 0.25) is 0 Å². The van der Waals surface area contributed by atoms with Crippen LogP contribution in [0.25, 0.3) is 0 Å². The normalized spacial score (nSPS) is 10.3. The molecule has 0 aliphatic rings. The molecule has 0 aliphatic heterocycles. The first-order chi connectivity index (χ1) is 12.1. The molecule has 0 fully saturated rings. The number of carbonyl (C=O) groups is 1. The van der Waals surface area contributed by atoms with Gasteiger partial charge in [-0.05, 0) is 43.3 Å². The molecule has 0 aliphatic carbocycles. The number of aromatic nitrogens is 3. The van der Waals surface area contributed by atoms with Gasteiger partial charge in [0.05, 0.1) is 12.2 Å². The van der Waals surface area contributed by atoms with Gasteiger partial charge >= 0.3 is 0 Å². The number of nitrogens with zero attached hydrogens (tertiary/aromatic N) is 3. The van der Waals surface area contributed by atoms with Crippen LogP contribution in [-0.2, 0) is 6.54 Å². The number of aryl methyl sites for hydroxylation is 1. The lowest BCUT2D eigenvalue weighted by Crippen LogP contribution is -2.16. The zero-order valence-electron chi connectivity index (χ0n) is 13.5. The van der Waals surface area contributed by atoms with E-state index < -0.39 is 0 Å². The van der Waals surface area contributed by atoms with Crippen LogP contribution in [0.2, 0.25) is 0 Å². The molecule has 0 radical (unpaired) electrons. The van der Waals surface area contributed by atoms with Crippen molar-refractivity contribution in [2.45, 2.75) is 13.5 Å². The fraction of sp³-hybridized carbons (Fsp3) is 0.111. The standard InChI is InChI=1S/C18H16BrN5O/c1-12-22-16(18(25)24-14-7-5-13(19)6-8-14)10-17(23-12)21-11-15-4-2-3-9-20-15/h2-10H,11H2,1H3,(H,24,25)(H,21,22,23). The summed E-state index contributed by atoms with van der Waals surface area (Å²) in [5.41, 5.74) is 1.89. The summed E-state index contributed by atoms with van der Waals surface area (Å²) in [5, 5.41) is 5.99. The molecular formula is C18H16BrN5O. The summed E-state index contributed by atoms with van der Waals surface area (Å²) >= 11 is 3.37. The maximum Gasteiger partial charge on any atom is 0.274 e. The summed E-state index contributed by atoms with van der Waals surface area (Å²) in [6.45, 7) is 2.27. The number of hydrogen-bond acceptors (Lipinski definition) is 5. The quantitative estimate of drug-likeness (QED) is 0.684. The molecule has 2 heterocycles. The summed E-state index contributed by atoms with van der Waals surface area (Å²) in [4.78, 5) is 25.2. The molecular weight excluding hydrogens is 382 g/mol. The second-order valence-corrected chi connectivity index (χ2v) is 6.24. The number of amides is 1. The number of pyridine rings is 1. The second kappa shape index (κ2) is 7.85. The number of hydrogen-bond donors (Lipinski definition) is 2. The molecule has 0 spiro atoms. The Bertz CT molecular complexity index is 868. The Morgan fingerprint density at radius 1 is 1.12 bits per heavy atom. The number of carbonyl (C=O) groups excluding carboxylic acids is 1. The number of benzene rings is 1. The van der Waals surface area contributed by atoms with Crippen molar-refractivity contribution in [3.63, 3.8) is 0 Å². The number of anilines is 2. The lowest BCUT2D eigenvalue weighted by molar-refractivity contribution is 0.102. The Morgan fingerprint density at radius 2 is 1.92 bits per heavy atom. The highest BCUT2D eigenvalue weighted by Gasteiger charge is 2.11. The fourth-order valence-corrected chi connectivity index (χ4v) is 2.45. The maximum absolute atomic E-state index is 12.4. The minimum atomic E-state index is -0.284. The van der Waals surface area contributed by atoms with Gasteiger partial charge in [-0.15, -0.1) is 0 Å². The van der Waals surface area contributed by atoms with E-state index in [1.165, 1.54) is 0 Å². The monoisotopic (exact) mass is 397 g/mol. The third kappa shape index (κ3) is 4.84. The maximum atomic E-state index is 12.4. The van der Waals surface area contributed by atoms with Gasteiger partial charge in [-0.2, -0.15) is 0 Å². The van der Waals surface area contributed by atoms with Gasteiger partial charge in [-0.1, -0.05) is 22.0 Å². The molecule has 0 unspecified atom stereocenters. The minimum absolute atomic E-state index is 0.284. The van der Waals surface area contributed by atoms with E-state index in [0.29, 0.717) is 29.6 Å². The van der Waals surface area contributed by atoms with E-state index in [9.17, 15) is 4.79 Å². The van der Waals surface area contributed by atoms with Crippen molar-refractivity contribution in [3.8, 4) is 0 Å². The zero-order valence-corrected chi connectivity index (χ0v) is 15.1. The minimum Gasteiger partial charge on any atom is -0.364 e. The molecule has 3 aromatic rings. The largest absolute Gasteiger partial charge is 0.364 e. The zero-order chi connectivity index (χ0) is 17.6. The third-order valence-corrected chi connectivity index (χ3v) is 3.88. The van der Waals surface area contributed by atoms with Crippen LogP contribution in [0.1, 0.15) is 22.0 Å². The van der Waals surface area contributed by atoms with Crippen LogP contribution >= 0.6 is 15.9 Å². The summed E-state index contributed by atoms with van der Waals surface area (Å²) in [6, 6.07) is 14.7. The van der Waals surface area contributed by atoms with E-state index in [-0.39, 0.29) is 5.91 Å². The average Bonchev–Trinajstić information content (AvgIpc) is 2.62. The first-order valence-electron chi connectivity index (χ1n) is 7.66. The van der Waals surface area contributed by atoms with Crippen molar-refractivity contribution < 1.29 is 4.79 Å². The number of rotatable bonds is 5. The van der Waals surface area contributed by atoms with Crippen LogP contribution in [0.3, 0.4) is 0 Å². The van der Waals surface area contributed by atoms with E-state index >= 15 is 0 Å². The molecule has 25 heavy (non-hydrogen) atoms. The Morgan fingerprint density at radius 3 is 2.64 bits per heavy atom. The molecule has 7 heteroatoms. The summed E-state index contributed by atoms with van der Waals surface area (Å²) in [6.07, 6.45) is 1.74. The van der Waals surface area contributed by atoms with Crippen molar-refractivity contribution >= 4 is 33.3 Å². The SMILES string of the molecule is Cc1nc(NCc2ccccn2)cc(C(=O)Nc2ccc(Br)cc2)n1. The first-order valence-corrected chi connectivity index (χ1v) is 8.46. The van der Waals surface area contributed by atoms with Gasteiger partial charge in [-0.3, -0.25) is 9.78 Å². The third-order valence-electron chi connectivity index (χ3n) is 3.35. The molecule has 1 aromatic carbocycles. The lowest BCUT2D eigenvalue weighted by Gasteiger charge is -2.09. The van der Waals surface area contributed by atoms with Gasteiger partial charge in [0.25, 0.3) is 5.91 Å². The smallest absolute Gasteiger partial charge is 0.274 e. The highest BCUT2D eigenvalue weighted by molar-refractivity contribution is 9.10. The topological polar surface area (TPSA) is 79.8 Å². The molecule has 0 bridgehead atoms. The van der Waals surface area contributed by atoms with Crippen LogP contribution in [-0.4, -0.2) is 20.9 Å². The van der Waals surface area contributed by atoms with Crippen LogP contribution in [0, 0.1) is 6.92 Å². The van der Waals surface area contributed by atoms with Crippen molar-refractivity contribution in [2.24, 2.45) is 0 Å². The fourth-order valence-electron chi connectivity index (χ4n) is 2.19. The summed E-state index contributed by atoms with van der Waals surface area (Å²) < 4.78 is 0.949. The van der Waals surface area contributed by atoms with Gasteiger partial charge in [-0.25, -0.2) is 9.97 Å². The Kier molecular flexibility index (Phi) is 5.35. The van der Waals surface area contributed by atoms with Gasteiger partial charge < -0.3 is 10.6 Å². The van der Waals surface area contributed by atoms with E-state index in [4.69, 9.17) is 0 Å². The number of halogens is 1. The Labute approximate surface area is 153 Å². The Balaban J connectivity index is 1.72. The molecule has 0 atom stereocenters. The highest BCUT2D eigenvalue weighted by atomic mass is 79.9. The van der Waals surface area contributed by atoms with E-state index in [1.807, 2.05) is 42.5 Å². The van der Waals surface area contributed by atoms with Crippen molar-refractivity contribution in [2.75, 3.05) is 10.6 Å². The molecule has 6 nitrogen and oxygen atoms in total. The van der Waals surface area contributed by atoms with Crippen LogP contribution in [0.5, 0.6) is 0 Å². The molecule has 0 saturated carbocycles. The molecule has 2 aromatic heterocycles. The molecule has 126 valence electrons. The molecule has 0 saturated heterocycles. The van der Waals surface area contributed by atoms with Gasteiger partial charge in [0, 0.05) is 22.4 Å². The number of nitrogens with one attached hydrogen (secondary N) is 2. The Hall–Kier alpha value is -2.80. The van der Waals surface area contributed by atoms with Gasteiger partial charge in [0.1, 0.15) is 17.3 Å². The van der Waals surface area contributed by atoms with Crippen LogP contribution in [0.15, 0.2) is 59.2 Å². The molecule has 3 rings (SSSR count). The molecule has 2 N–H and O–H groups in total. The van der Waals surface area contributed by atoms with Gasteiger partial charge in [0.15, 0.2) is 0 Å². The van der Waals surface area contributed by atoms with Crippen LogP contribution in [0.4, 0.5) is 11.5 Å². The van der Waals surface area contributed by atoms with Crippen molar-refractivity contribution in [1.82, 2.24) is 15.0 Å². The van der Waals surface area contributed by atoms with Crippen LogP contribution < -0.4 is 10.6 Å². The summed E-state index contributed by atoms with van der Waals surface area (Å²) in [5.74, 6) is 0.819. The lowest BCUT2D eigenvalue weighted by atomic mass is 10.3. The molecule has 1 amide bonds. The predicted octanol–water partition coefficient (Wildman–Crippen LogP) is 3.81. The van der Waals surface area contributed by atoms with Crippen molar-refractivity contribution in [1.29, 1.82) is 0 Å². The first kappa shape index (κ1) is 17.0. The average molecular weight is 398 g/mol. The predicted molar refractivity (Wildman–Crippen MR) is 100 cm³/mol. The van der Waals surface area contributed by atoms with E-state index in [0.717, 1.165) is 10.2 Å². The highest BCUT2D eigenvalue weighted by Crippen LogP contribution is 2.15. The second-order valence-electron chi connectivity index (χ2n) is 5.32. The van der Waals surface area contributed by atoms with E-state index in [1.54, 1.807) is 19.2 Å². The van der Waals surface area contributed by atoms with Crippen molar-refractivity contribution in [3.05, 3.63) is 76.4 Å². The van der Waals surface area contributed by atoms with E-state index in [2.05, 4.69) is 41.5 Å².